The summed E-state index contributed by atoms with van der Waals surface area (Å²) < 4.78 is 98.7. The summed E-state index contributed by atoms with van der Waals surface area (Å²) in [5.74, 6) is -1.29. The highest BCUT2D eigenvalue weighted by molar-refractivity contribution is 9.10. The number of nitrogens with zero attached hydrogens (tertiary/aromatic N) is 2. The highest BCUT2D eigenvalue weighted by Gasteiger charge is 2.73. The molecule has 216 valence electrons. The van der Waals surface area contributed by atoms with Crippen molar-refractivity contribution in [1.82, 2.24) is 0 Å². The first kappa shape index (κ1) is 31.9. The van der Waals surface area contributed by atoms with Gasteiger partial charge in [0.05, 0.1) is 30.0 Å². The third-order valence-electron chi connectivity index (χ3n) is 6.08. The molecular formula is C27H17BrClF7N2O3. The molecule has 0 fully saturated rings. The van der Waals surface area contributed by atoms with E-state index in [0.717, 1.165) is 0 Å². The lowest BCUT2D eigenvalue weighted by Gasteiger charge is -2.30. The molecule has 0 bridgehead atoms. The topological polar surface area (TPSA) is 70.4 Å². The van der Waals surface area contributed by atoms with Crippen molar-refractivity contribution in [2.75, 3.05) is 19.1 Å². The lowest BCUT2D eigenvalue weighted by atomic mass is 9.92. The molecule has 3 aromatic rings. The number of amides is 1. The number of carbonyl (C=O) groups excluding carboxylic acids is 2. The Hall–Kier alpha value is -3.63. The number of halogens is 9. The number of benzene rings is 3. The zero-order valence-electron chi connectivity index (χ0n) is 20.9. The monoisotopic (exact) mass is 664 g/mol. The van der Waals surface area contributed by atoms with Gasteiger partial charge in [-0.1, -0.05) is 33.6 Å². The van der Waals surface area contributed by atoms with Crippen LogP contribution in [0.4, 0.5) is 36.4 Å². The summed E-state index contributed by atoms with van der Waals surface area (Å²) in [6.07, 6.45) is -13.3. The third-order valence-corrected chi connectivity index (χ3v) is 7.13. The molecule has 0 aliphatic heterocycles. The molecule has 14 heteroatoms. The lowest BCUT2D eigenvalue weighted by Crippen LogP contribution is -2.50. The molecule has 3 aromatic carbocycles. The van der Waals surface area contributed by atoms with Crippen LogP contribution in [0.2, 0.25) is 5.02 Å². The van der Waals surface area contributed by atoms with Gasteiger partial charge in [0.15, 0.2) is 11.5 Å². The summed E-state index contributed by atoms with van der Waals surface area (Å²) in [6.45, 7) is 0. The van der Waals surface area contributed by atoms with E-state index in [1.54, 1.807) is 0 Å². The van der Waals surface area contributed by atoms with Crippen molar-refractivity contribution < 1.29 is 45.1 Å². The molecule has 1 amide bonds. The third kappa shape index (κ3) is 6.04. The van der Waals surface area contributed by atoms with Gasteiger partial charge >= 0.3 is 18.0 Å². The highest BCUT2D eigenvalue weighted by Crippen LogP contribution is 2.54. The molecule has 0 saturated carbocycles. The van der Waals surface area contributed by atoms with E-state index in [2.05, 4.69) is 15.9 Å². The summed E-state index contributed by atoms with van der Waals surface area (Å²) in [5, 5.41) is 8.23. The molecule has 0 spiro atoms. The van der Waals surface area contributed by atoms with Gasteiger partial charge in [0, 0.05) is 34.1 Å². The van der Waals surface area contributed by atoms with Gasteiger partial charge in [0.25, 0.3) is 5.91 Å². The number of Topliss-reactive ketones (excluding diaryl/α,β-unsaturated/α-hetero) is 1. The molecule has 0 N–H and O–H groups in total. The van der Waals surface area contributed by atoms with Gasteiger partial charge in [-0.25, -0.2) is 4.39 Å². The van der Waals surface area contributed by atoms with Crippen molar-refractivity contribution in [3.8, 4) is 11.8 Å². The smallest absolute Gasteiger partial charge is 0.435 e. The number of ketones is 1. The van der Waals surface area contributed by atoms with Crippen LogP contribution in [0.25, 0.3) is 0 Å². The summed E-state index contributed by atoms with van der Waals surface area (Å²) >= 11 is 8.78. The molecule has 0 aliphatic rings. The normalized spacial score (nSPS) is 12.0. The van der Waals surface area contributed by atoms with Gasteiger partial charge in [-0.15, -0.1) is 0 Å². The fourth-order valence-electron chi connectivity index (χ4n) is 3.93. The second-order valence-electron chi connectivity index (χ2n) is 8.58. The van der Waals surface area contributed by atoms with Crippen molar-refractivity contribution in [2.24, 2.45) is 0 Å². The molecule has 0 heterocycles. The Morgan fingerprint density at radius 2 is 1.59 bits per heavy atom. The van der Waals surface area contributed by atoms with Gasteiger partial charge in [-0.2, -0.15) is 31.6 Å². The Bertz CT molecular complexity index is 1500. The van der Waals surface area contributed by atoms with Crippen molar-refractivity contribution in [3.63, 3.8) is 0 Å². The Morgan fingerprint density at radius 3 is 2.07 bits per heavy atom. The van der Waals surface area contributed by atoms with E-state index in [1.807, 2.05) is 6.07 Å². The molecule has 0 aromatic heterocycles. The van der Waals surface area contributed by atoms with Gasteiger partial charge < -0.3 is 9.64 Å². The number of carbonyl (C=O) groups is 2. The van der Waals surface area contributed by atoms with Crippen molar-refractivity contribution in [1.29, 1.82) is 5.26 Å². The van der Waals surface area contributed by atoms with Gasteiger partial charge in [-0.05, 0) is 54.1 Å². The number of ether oxygens (including phenoxy) is 1. The minimum absolute atomic E-state index is 0.0530. The quantitative estimate of drug-likeness (QED) is 0.190. The van der Waals surface area contributed by atoms with Crippen LogP contribution in [-0.4, -0.2) is 38.2 Å². The van der Waals surface area contributed by atoms with E-state index in [9.17, 15) is 40.3 Å². The SMILES string of the molecule is COc1c(C(=O)Cc2c(Cl)cc(C(F)(C(F)(F)F)C(F)(F)F)cc2Br)cccc1N(C)C(=O)c1ccc(C#N)cc1. The number of rotatable bonds is 7. The zero-order valence-corrected chi connectivity index (χ0v) is 23.3. The van der Waals surface area contributed by atoms with Crippen LogP contribution < -0.4 is 9.64 Å². The summed E-state index contributed by atoms with van der Waals surface area (Å²) in [6, 6.07) is 12.4. The van der Waals surface area contributed by atoms with E-state index < -0.39 is 51.2 Å². The number of hydrogen-bond acceptors (Lipinski definition) is 4. The first-order valence-corrected chi connectivity index (χ1v) is 12.4. The van der Waals surface area contributed by atoms with E-state index in [1.165, 1.54) is 61.5 Å². The molecule has 41 heavy (non-hydrogen) atoms. The average Bonchev–Trinajstić information content (AvgIpc) is 2.91. The van der Waals surface area contributed by atoms with Crippen LogP contribution in [0.5, 0.6) is 5.75 Å². The van der Waals surface area contributed by atoms with Crippen molar-refractivity contribution in [2.45, 2.75) is 24.4 Å². The van der Waals surface area contributed by atoms with E-state index in [4.69, 9.17) is 21.6 Å². The predicted molar refractivity (Wildman–Crippen MR) is 139 cm³/mol. The fourth-order valence-corrected chi connectivity index (χ4v) is 4.93. The highest BCUT2D eigenvalue weighted by atomic mass is 79.9. The second-order valence-corrected chi connectivity index (χ2v) is 9.85. The number of nitriles is 1. The van der Waals surface area contributed by atoms with Crippen LogP contribution in [0.1, 0.15) is 37.4 Å². The Balaban J connectivity index is 1.98. The number of methoxy groups -OCH3 is 1. The summed E-state index contributed by atoms with van der Waals surface area (Å²) in [4.78, 5) is 27.5. The van der Waals surface area contributed by atoms with Crippen LogP contribution in [0.3, 0.4) is 0 Å². The minimum Gasteiger partial charge on any atom is -0.494 e. The van der Waals surface area contributed by atoms with E-state index in [-0.39, 0.29) is 40.3 Å². The van der Waals surface area contributed by atoms with E-state index in [0.29, 0.717) is 5.56 Å². The number of hydrogen-bond donors (Lipinski definition) is 0. The van der Waals surface area contributed by atoms with Gasteiger partial charge in [0.2, 0.25) is 0 Å². The molecule has 0 unspecified atom stereocenters. The minimum atomic E-state index is -6.35. The van der Waals surface area contributed by atoms with Crippen molar-refractivity contribution in [3.05, 3.63) is 91.9 Å². The summed E-state index contributed by atoms with van der Waals surface area (Å²) in [7, 11) is 2.63. The molecule has 0 radical (unpaired) electrons. The van der Waals surface area contributed by atoms with Crippen LogP contribution in [-0.2, 0) is 12.1 Å². The lowest BCUT2D eigenvalue weighted by molar-refractivity contribution is -0.348. The first-order chi connectivity index (χ1) is 19.0. The largest absolute Gasteiger partial charge is 0.494 e. The summed E-state index contributed by atoms with van der Waals surface area (Å²) in [5.41, 5.74) is -7.09. The molecular weight excluding hydrogens is 649 g/mol. The maximum atomic E-state index is 14.5. The van der Waals surface area contributed by atoms with Crippen molar-refractivity contribution >= 4 is 44.9 Å². The Labute approximate surface area is 242 Å². The second kappa shape index (κ2) is 11.7. The maximum Gasteiger partial charge on any atom is 0.435 e. The average molecular weight is 666 g/mol. The number of alkyl halides is 7. The molecule has 0 atom stereocenters. The van der Waals surface area contributed by atoms with Gasteiger partial charge in [0.1, 0.15) is 0 Å². The van der Waals surface area contributed by atoms with Crippen LogP contribution in [0, 0.1) is 11.3 Å². The zero-order chi connectivity index (χ0) is 30.9. The Morgan fingerprint density at radius 1 is 1.00 bits per heavy atom. The first-order valence-electron chi connectivity index (χ1n) is 11.3. The van der Waals surface area contributed by atoms with E-state index >= 15 is 0 Å². The molecule has 3 rings (SSSR count). The standard InChI is InChI=1S/C27H17BrClF7N2O3/c1-38(24(40)15-8-6-14(13-37)7-9-15)21-5-3-4-17(23(21)41-2)22(39)12-18-19(28)10-16(11-20(18)29)25(30,26(31,32)33)27(34,35)36/h3-11H,12H2,1-2H3. The number of anilines is 1. The Kier molecular flexibility index (Phi) is 9.10. The molecule has 5 nitrogen and oxygen atoms in total. The predicted octanol–water partition coefficient (Wildman–Crippen LogP) is 7.97. The fraction of sp³-hybridized carbons (Fsp3) is 0.222. The maximum absolute atomic E-state index is 14.5. The van der Waals surface area contributed by atoms with Gasteiger partial charge in [-0.3, -0.25) is 9.59 Å². The van der Waals surface area contributed by atoms with Crippen LogP contribution in [0.15, 0.2) is 59.1 Å². The number of para-hydroxylation sites is 1. The van der Waals surface area contributed by atoms with Crippen LogP contribution >= 0.6 is 27.5 Å². The molecule has 0 aliphatic carbocycles. The molecule has 0 saturated heterocycles.